The van der Waals surface area contributed by atoms with Gasteiger partial charge in [-0.15, -0.1) is 0 Å². The molecule has 1 heterocycles. The molecule has 0 spiro atoms. The fourth-order valence-corrected chi connectivity index (χ4v) is 2.29. The summed E-state index contributed by atoms with van der Waals surface area (Å²) < 4.78 is 4.05. The monoisotopic (exact) mass is 248 g/mol. The predicted molar refractivity (Wildman–Crippen MR) is 72.1 cm³/mol. The minimum atomic E-state index is 0.363. The first-order chi connectivity index (χ1) is 8.18. The van der Waals surface area contributed by atoms with Crippen molar-refractivity contribution in [2.75, 3.05) is 10.6 Å². The third kappa shape index (κ3) is 2.74. The summed E-state index contributed by atoms with van der Waals surface area (Å²) in [7, 11) is 0. The molecular weight excluding hydrogens is 232 g/mol. The molecule has 0 unspecified atom stereocenters. The molecule has 0 atom stereocenters. The van der Waals surface area contributed by atoms with Gasteiger partial charge in [0.2, 0.25) is 5.13 Å². The van der Waals surface area contributed by atoms with E-state index in [2.05, 4.69) is 28.1 Å². The standard InChI is InChI=1S/C12H16N4S/c1-9(2)16(12-14-8-15-17-12)7-10-5-3-4-6-11(10)13/h3-6,8-9H,7,13H2,1-2H3. The molecule has 0 amide bonds. The van der Waals surface area contributed by atoms with Gasteiger partial charge in [-0.2, -0.15) is 4.37 Å². The minimum Gasteiger partial charge on any atom is -0.398 e. The van der Waals surface area contributed by atoms with Gasteiger partial charge in [0.05, 0.1) is 0 Å². The molecule has 17 heavy (non-hydrogen) atoms. The molecule has 0 saturated carbocycles. The van der Waals surface area contributed by atoms with Gasteiger partial charge in [-0.05, 0) is 25.5 Å². The van der Waals surface area contributed by atoms with Crippen molar-refractivity contribution in [1.29, 1.82) is 0 Å². The predicted octanol–water partition coefficient (Wildman–Crippen LogP) is 2.54. The number of nitrogens with two attached hydrogens (primary N) is 1. The SMILES string of the molecule is CC(C)N(Cc1ccccc1N)c1ncns1. The van der Waals surface area contributed by atoms with Crippen LogP contribution in [0, 0.1) is 0 Å². The van der Waals surface area contributed by atoms with E-state index >= 15 is 0 Å². The van der Waals surface area contributed by atoms with Crippen LogP contribution in [0.3, 0.4) is 0 Å². The Balaban J connectivity index is 2.23. The van der Waals surface area contributed by atoms with Gasteiger partial charge in [-0.3, -0.25) is 0 Å². The molecule has 4 nitrogen and oxygen atoms in total. The summed E-state index contributed by atoms with van der Waals surface area (Å²) in [5, 5.41) is 0.934. The van der Waals surface area contributed by atoms with Crippen LogP contribution in [0.25, 0.3) is 0 Å². The number of benzene rings is 1. The number of hydrogen-bond donors (Lipinski definition) is 1. The lowest BCUT2D eigenvalue weighted by Crippen LogP contribution is -2.30. The molecule has 0 aliphatic rings. The molecule has 0 saturated heterocycles. The Hall–Kier alpha value is -1.62. The van der Waals surface area contributed by atoms with Crippen molar-refractivity contribution in [3.8, 4) is 0 Å². The highest BCUT2D eigenvalue weighted by Crippen LogP contribution is 2.22. The maximum Gasteiger partial charge on any atom is 0.205 e. The Kier molecular flexibility index (Phi) is 3.58. The van der Waals surface area contributed by atoms with E-state index in [1.807, 2.05) is 24.3 Å². The van der Waals surface area contributed by atoms with Crippen LogP contribution >= 0.6 is 11.5 Å². The molecule has 1 aromatic heterocycles. The van der Waals surface area contributed by atoms with Gasteiger partial charge in [0, 0.05) is 29.8 Å². The Bertz CT molecular complexity index is 467. The minimum absolute atomic E-state index is 0.363. The van der Waals surface area contributed by atoms with E-state index in [1.165, 1.54) is 11.5 Å². The topological polar surface area (TPSA) is 55.0 Å². The van der Waals surface area contributed by atoms with Crippen molar-refractivity contribution in [3.05, 3.63) is 36.2 Å². The van der Waals surface area contributed by atoms with Crippen LogP contribution in [0.5, 0.6) is 0 Å². The van der Waals surface area contributed by atoms with Gasteiger partial charge < -0.3 is 10.6 Å². The van der Waals surface area contributed by atoms with Gasteiger partial charge in [-0.1, -0.05) is 18.2 Å². The highest BCUT2D eigenvalue weighted by molar-refractivity contribution is 7.09. The average molecular weight is 248 g/mol. The fraction of sp³-hybridized carbons (Fsp3) is 0.333. The second-order valence-corrected chi connectivity index (χ2v) is 4.90. The van der Waals surface area contributed by atoms with E-state index in [1.54, 1.807) is 6.33 Å². The second-order valence-electron chi connectivity index (χ2n) is 4.14. The zero-order chi connectivity index (χ0) is 12.3. The van der Waals surface area contributed by atoms with E-state index in [9.17, 15) is 0 Å². The quantitative estimate of drug-likeness (QED) is 0.845. The summed E-state index contributed by atoms with van der Waals surface area (Å²) in [6.45, 7) is 5.04. The second kappa shape index (κ2) is 5.14. The number of nitrogen functional groups attached to an aromatic ring is 1. The Morgan fingerprint density at radius 3 is 2.71 bits per heavy atom. The number of aromatic nitrogens is 2. The summed E-state index contributed by atoms with van der Waals surface area (Å²) in [4.78, 5) is 6.45. The van der Waals surface area contributed by atoms with Crippen molar-refractivity contribution in [3.63, 3.8) is 0 Å². The van der Waals surface area contributed by atoms with Crippen molar-refractivity contribution >= 4 is 22.4 Å². The maximum atomic E-state index is 5.96. The number of anilines is 2. The van der Waals surface area contributed by atoms with Gasteiger partial charge in [0.15, 0.2) is 0 Å². The third-order valence-electron chi connectivity index (χ3n) is 2.61. The zero-order valence-electron chi connectivity index (χ0n) is 10.00. The summed E-state index contributed by atoms with van der Waals surface area (Å²) in [6.07, 6.45) is 1.59. The van der Waals surface area contributed by atoms with Crippen LogP contribution in [-0.4, -0.2) is 15.4 Å². The first-order valence-corrected chi connectivity index (χ1v) is 6.32. The largest absolute Gasteiger partial charge is 0.398 e. The Morgan fingerprint density at radius 2 is 2.12 bits per heavy atom. The van der Waals surface area contributed by atoms with Crippen LogP contribution in [0.2, 0.25) is 0 Å². The Labute approximate surface area is 105 Å². The summed E-state index contributed by atoms with van der Waals surface area (Å²) in [5.74, 6) is 0. The van der Waals surface area contributed by atoms with Gasteiger partial charge in [0.1, 0.15) is 6.33 Å². The van der Waals surface area contributed by atoms with Crippen LogP contribution in [0.1, 0.15) is 19.4 Å². The van der Waals surface area contributed by atoms with Crippen LogP contribution in [0.15, 0.2) is 30.6 Å². The Morgan fingerprint density at radius 1 is 1.35 bits per heavy atom. The molecule has 2 rings (SSSR count). The highest BCUT2D eigenvalue weighted by Gasteiger charge is 2.15. The lowest BCUT2D eigenvalue weighted by molar-refractivity contribution is 0.681. The van der Waals surface area contributed by atoms with E-state index < -0.39 is 0 Å². The van der Waals surface area contributed by atoms with Crippen molar-refractivity contribution in [2.45, 2.75) is 26.4 Å². The van der Waals surface area contributed by atoms with Crippen LogP contribution in [-0.2, 0) is 6.54 Å². The smallest absolute Gasteiger partial charge is 0.205 e. The third-order valence-corrected chi connectivity index (χ3v) is 3.32. The maximum absolute atomic E-state index is 5.96. The normalized spacial score (nSPS) is 10.8. The zero-order valence-corrected chi connectivity index (χ0v) is 10.8. The fourth-order valence-electron chi connectivity index (χ4n) is 1.63. The molecule has 0 aliphatic carbocycles. The summed E-state index contributed by atoms with van der Waals surface area (Å²) >= 11 is 1.41. The molecule has 0 bridgehead atoms. The van der Waals surface area contributed by atoms with Crippen molar-refractivity contribution in [2.24, 2.45) is 0 Å². The molecule has 0 aliphatic heterocycles. The van der Waals surface area contributed by atoms with E-state index in [0.717, 1.165) is 22.9 Å². The number of rotatable bonds is 4. The lowest BCUT2D eigenvalue weighted by atomic mass is 10.1. The number of nitrogens with zero attached hydrogens (tertiary/aromatic N) is 3. The first kappa shape index (κ1) is 11.9. The molecule has 5 heteroatoms. The lowest BCUT2D eigenvalue weighted by Gasteiger charge is -2.26. The summed E-state index contributed by atoms with van der Waals surface area (Å²) in [6, 6.07) is 8.29. The van der Waals surface area contributed by atoms with Crippen LogP contribution < -0.4 is 10.6 Å². The number of hydrogen-bond acceptors (Lipinski definition) is 5. The van der Waals surface area contributed by atoms with E-state index in [-0.39, 0.29) is 0 Å². The van der Waals surface area contributed by atoms with Crippen molar-refractivity contribution < 1.29 is 0 Å². The molecule has 2 aromatic rings. The van der Waals surface area contributed by atoms with E-state index in [4.69, 9.17) is 5.73 Å². The molecule has 1 aromatic carbocycles. The molecule has 0 radical (unpaired) electrons. The number of para-hydroxylation sites is 1. The molecule has 0 fully saturated rings. The highest BCUT2D eigenvalue weighted by atomic mass is 32.1. The van der Waals surface area contributed by atoms with Gasteiger partial charge in [-0.25, -0.2) is 4.98 Å². The molecule has 90 valence electrons. The summed E-state index contributed by atoms with van der Waals surface area (Å²) in [5.41, 5.74) is 7.91. The van der Waals surface area contributed by atoms with Crippen molar-refractivity contribution in [1.82, 2.24) is 9.36 Å². The average Bonchev–Trinajstić information content (AvgIpc) is 2.81. The molecule has 2 N–H and O–H groups in total. The van der Waals surface area contributed by atoms with E-state index in [0.29, 0.717) is 6.04 Å². The molecular formula is C12H16N4S. The van der Waals surface area contributed by atoms with Gasteiger partial charge >= 0.3 is 0 Å². The van der Waals surface area contributed by atoms with Gasteiger partial charge in [0.25, 0.3) is 0 Å². The first-order valence-electron chi connectivity index (χ1n) is 5.55. The van der Waals surface area contributed by atoms with Crippen LogP contribution in [0.4, 0.5) is 10.8 Å².